The highest BCUT2D eigenvalue weighted by Gasteiger charge is 2.40. The minimum atomic E-state index is -0.921. The minimum absolute atomic E-state index is 0.204. The second-order valence-corrected chi connectivity index (χ2v) is 8.79. The number of rotatable bonds is 6. The molecule has 0 unspecified atom stereocenters. The summed E-state index contributed by atoms with van der Waals surface area (Å²) >= 11 is 1.55. The Balaban J connectivity index is 2.09. The van der Waals surface area contributed by atoms with Gasteiger partial charge in [0.2, 0.25) is 0 Å². The van der Waals surface area contributed by atoms with Crippen molar-refractivity contribution < 1.29 is 19.1 Å². The molecule has 2 aromatic carbocycles. The maximum absolute atomic E-state index is 13.7. The summed E-state index contributed by atoms with van der Waals surface area (Å²) < 4.78 is 10.9. The van der Waals surface area contributed by atoms with Gasteiger partial charge in [0.1, 0.15) is 5.75 Å². The Kier molecular flexibility index (Phi) is 7.05. The van der Waals surface area contributed by atoms with Crippen molar-refractivity contribution in [3.63, 3.8) is 0 Å². The average molecular weight is 429 g/mol. The summed E-state index contributed by atoms with van der Waals surface area (Å²) in [6.45, 7) is 4.56. The van der Waals surface area contributed by atoms with Crippen LogP contribution in [0.1, 0.15) is 23.3 Å². The van der Waals surface area contributed by atoms with Gasteiger partial charge in [0.05, 0.1) is 18.0 Å². The Bertz CT molecular complexity index is 914. The van der Waals surface area contributed by atoms with Crippen LogP contribution in [-0.2, 0) is 14.3 Å². The Morgan fingerprint density at radius 2 is 1.87 bits per heavy atom. The van der Waals surface area contributed by atoms with Crippen LogP contribution in [0.15, 0.2) is 47.4 Å². The molecule has 0 saturated heterocycles. The SMILES string of the molecule is COc1ccc([C@H]2Sc3ccc(C)cc3N(CCN(C)C)C(=O)[C@H]2OC(C)=O)cc1. The summed E-state index contributed by atoms with van der Waals surface area (Å²) in [5, 5.41) is -0.363. The van der Waals surface area contributed by atoms with E-state index in [1.165, 1.54) is 6.92 Å². The number of carbonyl (C=O) groups is 2. The molecular formula is C23H28N2O4S. The van der Waals surface area contributed by atoms with Gasteiger partial charge in [0.25, 0.3) is 5.91 Å². The second-order valence-electron chi connectivity index (χ2n) is 7.61. The summed E-state index contributed by atoms with van der Waals surface area (Å²) in [4.78, 5) is 30.4. The van der Waals surface area contributed by atoms with Crippen LogP contribution < -0.4 is 9.64 Å². The molecule has 6 nitrogen and oxygen atoms in total. The Hall–Kier alpha value is -2.51. The molecule has 0 radical (unpaired) electrons. The van der Waals surface area contributed by atoms with Crippen LogP contribution >= 0.6 is 11.8 Å². The lowest BCUT2D eigenvalue weighted by atomic mass is 10.1. The van der Waals surface area contributed by atoms with Gasteiger partial charge in [-0.25, -0.2) is 0 Å². The van der Waals surface area contributed by atoms with Crippen LogP contribution in [0.3, 0.4) is 0 Å². The molecule has 160 valence electrons. The normalized spacial score (nSPS) is 18.7. The van der Waals surface area contributed by atoms with E-state index < -0.39 is 12.1 Å². The lowest BCUT2D eigenvalue weighted by Gasteiger charge is -2.28. The van der Waals surface area contributed by atoms with Gasteiger partial charge in [0.15, 0.2) is 6.10 Å². The van der Waals surface area contributed by atoms with Crippen molar-refractivity contribution in [2.45, 2.75) is 30.1 Å². The smallest absolute Gasteiger partial charge is 0.303 e. The third kappa shape index (κ3) is 4.96. The molecule has 0 N–H and O–H groups in total. The number of hydrogen-bond acceptors (Lipinski definition) is 6. The molecule has 0 fully saturated rings. The number of likely N-dealkylation sites (N-methyl/N-ethyl adjacent to an activating group) is 1. The van der Waals surface area contributed by atoms with Crippen molar-refractivity contribution in [1.82, 2.24) is 4.90 Å². The van der Waals surface area contributed by atoms with Gasteiger partial charge in [-0.2, -0.15) is 0 Å². The van der Waals surface area contributed by atoms with Gasteiger partial charge in [-0.3, -0.25) is 9.59 Å². The van der Waals surface area contributed by atoms with Crippen molar-refractivity contribution >= 4 is 29.3 Å². The number of methoxy groups -OCH3 is 1. The van der Waals surface area contributed by atoms with Gasteiger partial charge in [-0.1, -0.05) is 18.2 Å². The summed E-state index contributed by atoms with van der Waals surface area (Å²) in [5.41, 5.74) is 2.84. The zero-order valence-corrected chi connectivity index (χ0v) is 18.9. The number of amides is 1. The molecular weight excluding hydrogens is 400 g/mol. The number of fused-ring (bicyclic) bond motifs is 1. The molecule has 0 saturated carbocycles. The highest BCUT2D eigenvalue weighted by molar-refractivity contribution is 7.99. The monoisotopic (exact) mass is 428 g/mol. The van der Waals surface area contributed by atoms with E-state index in [2.05, 4.69) is 0 Å². The summed E-state index contributed by atoms with van der Waals surface area (Å²) in [7, 11) is 5.55. The first kappa shape index (κ1) is 22.2. The lowest BCUT2D eigenvalue weighted by Crippen LogP contribution is -2.45. The fraction of sp³-hybridized carbons (Fsp3) is 0.391. The number of thioether (sulfide) groups is 1. The van der Waals surface area contributed by atoms with Gasteiger partial charge in [-0.15, -0.1) is 11.8 Å². The molecule has 2 aromatic rings. The maximum atomic E-state index is 13.7. The molecule has 0 aromatic heterocycles. The van der Waals surface area contributed by atoms with Crippen molar-refractivity contribution in [1.29, 1.82) is 0 Å². The first-order chi connectivity index (χ1) is 14.3. The van der Waals surface area contributed by atoms with Gasteiger partial charge < -0.3 is 19.3 Å². The third-order valence-corrected chi connectivity index (χ3v) is 6.32. The number of benzene rings is 2. The summed E-state index contributed by atoms with van der Waals surface area (Å²) in [6.07, 6.45) is -0.921. The van der Waals surface area contributed by atoms with E-state index in [0.717, 1.165) is 27.5 Å². The number of carbonyl (C=O) groups excluding carboxylic acids is 2. The molecule has 0 aliphatic carbocycles. The third-order valence-electron chi connectivity index (χ3n) is 4.95. The topological polar surface area (TPSA) is 59.1 Å². The van der Waals surface area contributed by atoms with E-state index in [9.17, 15) is 9.59 Å². The average Bonchev–Trinajstić information content (AvgIpc) is 2.81. The van der Waals surface area contributed by atoms with Gasteiger partial charge >= 0.3 is 5.97 Å². The number of anilines is 1. The summed E-state index contributed by atoms with van der Waals surface area (Å²) in [6, 6.07) is 13.7. The van der Waals surface area contributed by atoms with E-state index in [1.807, 2.05) is 68.4 Å². The predicted octanol–water partition coefficient (Wildman–Crippen LogP) is 3.68. The fourth-order valence-electron chi connectivity index (χ4n) is 3.40. The molecule has 0 spiro atoms. The van der Waals surface area contributed by atoms with Crippen molar-refractivity contribution in [2.75, 3.05) is 39.2 Å². The largest absolute Gasteiger partial charge is 0.497 e. The van der Waals surface area contributed by atoms with Crippen molar-refractivity contribution in [3.05, 3.63) is 53.6 Å². The molecule has 0 bridgehead atoms. The molecule has 1 heterocycles. The first-order valence-corrected chi connectivity index (χ1v) is 10.7. The van der Waals surface area contributed by atoms with Crippen LogP contribution in [-0.4, -0.2) is 57.2 Å². The molecule has 1 amide bonds. The zero-order chi connectivity index (χ0) is 21.8. The Morgan fingerprint density at radius 3 is 2.47 bits per heavy atom. The van der Waals surface area contributed by atoms with E-state index in [-0.39, 0.29) is 11.2 Å². The van der Waals surface area contributed by atoms with E-state index in [0.29, 0.717) is 13.1 Å². The summed E-state index contributed by atoms with van der Waals surface area (Å²) in [5.74, 6) is 0.0586. The Morgan fingerprint density at radius 1 is 1.17 bits per heavy atom. The number of ether oxygens (including phenoxy) is 2. The fourth-order valence-corrected chi connectivity index (χ4v) is 4.70. The highest BCUT2D eigenvalue weighted by atomic mass is 32.2. The first-order valence-electron chi connectivity index (χ1n) is 9.84. The number of hydrogen-bond donors (Lipinski definition) is 0. The maximum Gasteiger partial charge on any atom is 0.303 e. The van der Waals surface area contributed by atoms with Gasteiger partial charge in [0, 0.05) is 24.9 Å². The second kappa shape index (κ2) is 9.53. The molecule has 2 atom stereocenters. The molecule has 1 aliphatic heterocycles. The van der Waals surface area contributed by atoms with Crippen LogP contribution in [0, 0.1) is 6.92 Å². The lowest BCUT2D eigenvalue weighted by molar-refractivity contribution is -0.152. The van der Waals surface area contributed by atoms with Crippen LogP contribution in [0.2, 0.25) is 0 Å². The van der Waals surface area contributed by atoms with Crippen LogP contribution in [0.4, 0.5) is 5.69 Å². The molecule has 1 aliphatic rings. The van der Waals surface area contributed by atoms with Crippen molar-refractivity contribution in [3.8, 4) is 5.75 Å². The minimum Gasteiger partial charge on any atom is -0.497 e. The number of esters is 1. The van der Waals surface area contributed by atoms with Crippen LogP contribution in [0.5, 0.6) is 5.75 Å². The quantitative estimate of drug-likeness (QED) is 0.655. The highest BCUT2D eigenvalue weighted by Crippen LogP contribution is 2.47. The molecule has 3 rings (SSSR count). The van der Waals surface area contributed by atoms with Crippen molar-refractivity contribution in [2.24, 2.45) is 0 Å². The van der Waals surface area contributed by atoms with Gasteiger partial charge in [-0.05, 0) is 56.4 Å². The van der Waals surface area contributed by atoms with Crippen LogP contribution in [0.25, 0.3) is 0 Å². The zero-order valence-electron chi connectivity index (χ0n) is 18.0. The van der Waals surface area contributed by atoms with E-state index >= 15 is 0 Å². The number of aryl methyl sites for hydroxylation is 1. The van der Waals surface area contributed by atoms with E-state index in [1.54, 1.807) is 23.8 Å². The van der Waals surface area contributed by atoms with E-state index in [4.69, 9.17) is 9.47 Å². The Labute approximate surface area is 182 Å². The molecule has 30 heavy (non-hydrogen) atoms. The predicted molar refractivity (Wildman–Crippen MR) is 119 cm³/mol. The standard InChI is InChI=1S/C23H28N2O4S/c1-15-6-11-20-19(14-15)25(13-12-24(3)4)23(27)21(29-16(2)26)22(30-20)17-7-9-18(28-5)10-8-17/h6-11,14,21-22H,12-13H2,1-5H3/t21-,22+/m0/s1. The number of nitrogens with zero attached hydrogens (tertiary/aromatic N) is 2. The molecule has 7 heteroatoms.